The predicted molar refractivity (Wildman–Crippen MR) is 44.8 cm³/mol. The Hall–Kier alpha value is -1.53. The van der Waals surface area contributed by atoms with E-state index in [9.17, 15) is 0 Å². The Labute approximate surface area is 74.0 Å². The van der Waals surface area contributed by atoms with Gasteiger partial charge in [-0.25, -0.2) is 14.5 Å². The number of rotatable bonds is 2. The number of nitrogens with zero attached hydrogens (tertiary/aromatic N) is 4. The third kappa shape index (κ3) is 1.36. The quantitative estimate of drug-likeness (QED) is 0.624. The lowest BCUT2D eigenvalue weighted by Gasteiger charge is -2.00. The Balaban J connectivity index is 2.49. The molecule has 68 valence electrons. The van der Waals surface area contributed by atoms with E-state index in [1.54, 1.807) is 18.6 Å². The number of hydrogen-bond acceptors (Lipinski definition) is 5. The molecule has 0 fully saturated rings. The van der Waals surface area contributed by atoms with Crippen LogP contribution in [0.4, 0.5) is 0 Å². The van der Waals surface area contributed by atoms with Gasteiger partial charge in [-0.3, -0.25) is 0 Å². The molecule has 0 aliphatic heterocycles. The van der Waals surface area contributed by atoms with Crippen LogP contribution in [-0.2, 0) is 0 Å². The molecule has 1 atom stereocenters. The fraction of sp³-hybridized carbons (Fsp3) is 0.286. The lowest BCUT2D eigenvalue weighted by Crippen LogP contribution is -2.14. The van der Waals surface area contributed by atoms with E-state index in [1.807, 2.05) is 0 Å². The molecule has 0 saturated carbocycles. The Bertz CT molecular complexity index is 379. The van der Waals surface area contributed by atoms with Crippen LogP contribution in [0.15, 0.2) is 18.6 Å². The summed E-state index contributed by atoms with van der Waals surface area (Å²) >= 11 is 0. The lowest BCUT2D eigenvalue weighted by molar-refractivity contribution is 0.266. The van der Waals surface area contributed by atoms with Gasteiger partial charge in [0.05, 0.1) is 36.9 Å². The van der Waals surface area contributed by atoms with Gasteiger partial charge in [0.2, 0.25) is 0 Å². The van der Waals surface area contributed by atoms with Crippen LogP contribution in [-0.4, -0.2) is 31.3 Å². The number of fused-ring (bicyclic) bond motifs is 1. The SMILES string of the molecule is NC(CO)c1cn2nccnc2n1. The van der Waals surface area contributed by atoms with Crippen LogP contribution < -0.4 is 5.73 Å². The number of aliphatic hydroxyl groups is 1. The second-order valence-corrected chi connectivity index (χ2v) is 2.64. The van der Waals surface area contributed by atoms with Crippen LogP contribution in [0.25, 0.3) is 5.78 Å². The maximum atomic E-state index is 8.80. The van der Waals surface area contributed by atoms with Crippen LogP contribution >= 0.6 is 0 Å². The fourth-order valence-corrected chi connectivity index (χ4v) is 1.03. The van der Waals surface area contributed by atoms with E-state index in [2.05, 4.69) is 15.1 Å². The average Bonchev–Trinajstić information content (AvgIpc) is 2.59. The number of hydrogen-bond donors (Lipinski definition) is 2. The van der Waals surface area contributed by atoms with Gasteiger partial charge in [0.1, 0.15) is 0 Å². The third-order valence-electron chi connectivity index (χ3n) is 1.71. The van der Waals surface area contributed by atoms with Crippen molar-refractivity contribution in [3.05, 3.63) is 24.3 Å². The van der Waals surface area contributed by atoms with Gasteiger partial charge in [-0.1, -0.05) is 0 Å². The summed E-state index contributed by atoms with van der Waals surface area (Å²) in [6.45, 7) is -0.135. The van der Waals surface area contributed by atoms with Crippen LogP contribution in [0.5, 0.6) is 0 Å². The summed E-state index contributed by atoms with van der Waals surface area (Å²) in [5.41, 5.74) is 6.17. The van der Waals surface area contributed by atoms with E-state index in [4.69, 9.17) is 10.8 Å². The molecule has 0 radical (unpaired) electrons. The first-order chi connectivity index (χ1) is 6.31. The van der Waals surface area contributed by atoms with Gasteiger partial charge in [0.15, 0.2) is 0 Å². The molecule has 2 aromatic heterocycles. The van der Waals surface area contributed by atoms with Crippen LogP contribution in [0.1, 0.15) is 11.7 Å². The maximum absolute atomic E-state index is 8.80. The predicted octanol–water partition coefficient (Wildman–Crippen LogP) is -0.884. The van der Waals surface area contributed by atoms with Gasteiger partial charge in [-0.05, 0) is 0 Å². The van der Waals surface area contributed by atoms with Gasteiger partial charge < -0.3 is 10.8 Å². The summed E-state index contributed by atoms with van der Waals surface area (Å²) in [7, 11) is 0. The molecule has 13 heavy (non-hydrogen) atoms. The average molecular weight is 179 g/mol. The van der Waals surface area contributed by atoms with Gasteiger partial charge >= 0.3 is 0 Å². The highest BCUT2D eigenvalue weighted by Gasteiger charge is 2.09. The minimum atomic E-state index is -0.469. The molecule has 2 heterocycles. The monoisotopic (exact) mass is 179 g/mol. The van der Waals surface area contributed by atoms with E-state index < -0.39 is 6.04 Å². The summed E-state index contributed by atoms with van der Waals surface area (Å²) in [4.78, 5) is 8.06. The Kier molecular flexibility index (Phi) is 1.91. The van der Waals surface area contributed by atoms with Gasteiger partial charge in [-0.2, -0.15) is 5.10 Å². The van der Waals surface area contributed by atoms with Crippen molar-refractivity contribution in [2.45, 2.75) is 6.04 Å². The van der Waals surface area contributed by atoms with Crippen molar-refractivity contribution < 1.29 is 5.11 Å². The van der Waals surface area contributed by atoms with Crippen molar-refractivity contribution in [3.63, 3.8) is 0 Å². The highest BCUT2D eigenvalue weighted by molar-refractivity contribution is 5.28. The number of aliphatic hydroxyl groups excluding tert-OH is 1. The summed E-state index contributed by atoms with van der Waals surface area (Å²) in [6.07, 6.45) is 4.77. The van der Waals surface area contributed by atoms with Crippen LogP contribution in [0.2, 0.25) is 0 Å². The molecule has 0 aliphatic carbocycles. The zero-order chi connectivity index (χ0) is 9.26. The first-order valence-electron chi connectivity index (χ1n) is 3.84. The van der Waals surface area contributed by atoms with Gasteiger partial charge in [0.25, 0.3) is 5.78 Å². The third-order valence-corrected chi connectivity index (χ3v) is 1.71. The normalized spacial score (nSPS) is 13.4. The van der Waals surface area contributed by atoms with E-state index in [0.717, 1.165) is 0 Å². The van der Waals surface area contributed by atoms with Crippen molar-refractivity contribution >= 4 is 5.78 Å². The van der Waals surface area contributed by atoms with E-state index in [1.165, 1.54) is 4.52 Å². The van der Waals surface area contributed by atoms with E-state index in [-0.39, 0.29) is 6.61 Å². The number of aromatic nitrogens is 4. The zero-order valence-corrected chi connectivity index (χ0v) is 6.83. The molecule has 0 bridgehead atoms. The maximum Gasteiger partial charge on any atom is 0.250 e. The van der Waals surface area contributed by atoms with Crippen LogP contribution in [0, 0.1) is 0 Å². The first kappa shape index (κ1) is 8.09. The fourth-order valence-electron chi connectivity index (χ4n) is 1.03. The smallest absolute Gasteiger partial charge is 0.250 e. The molecule has 1 unspecified atom stereocenters. The molecule has 2 rings (SSSR count). The van der Waals surface area contributed by atoms with Gasteiger partial charge in [0, 0.05) is 0 Å². The molecule has 2 aromatic rings. The minimum absolute atomic E-state index is 0.135. The second-order valence-electron chi connectivity index (χ2n) is 2.64. The molecule has 0 saturated heterocycles. The Morgan fingerprint density at radius 1 is 1.54 bits per heavy atom. The molecule has 6 nitrogen and oxygen atoms in total. The lowest BCUT2D eigenvalue weighted by atomic mass is 10.3. The van der Waals surface area contributed by atoms with Crippen molar-refractivity contribution in [2.75, 3.05) is 6.61 Å². The molecular formula is C7H9N5O. The van der Waals surface area contributed by atoms with E-state index in [0.29, 0.717) is 11.5 Å². The second kappa shape index (κ2) is 3.08. The molecule has 3 N–H and O–H groups in total. The van der Waals surface area contributed by atoms with Crippen molar-refractivity contribution in [1.82, 2.24) is 19.6 Å². The molecule has 0 aliphatic rings. The highest BCUT2D eigenvalue weighted by atomic mass is 16.3. The minimum Gasteiger partial charge on any atom is -0.394 e. The highest BCUT2D eigenvalue weighted by Crippen LogP contribution is 2.07. The Morgan fingerprint density at radius 2 is 2.38 bits per heavy atom. The summed E-state index contributed by atoms with van der Waals surface area (Å²) in [5, 5.41) is 12.8. The first-order valence-corrected chi connectivity index (χ1v) is 3.84. The van der Waals surface area contributed by atoms with Crippen molar-refractivity contribution in [3.8, 4) is 0 Å². The summed E-state index contributed by atoms with van der Waals surface area (Å²) in [5.74, 6) is 0.487. The summed E-state index contributed by atoms with van der Waals surface area (Å²) < 4.78 is 1.52. The molecule has 6 heteroatoms. The van der Waals surface area contributed by atoms with E-state index >= 15 is 0 Å². The largest absolute Gasteiger partial charge is 0.394 e. The number of imidazole rings is 1. The standard InChI is InChI=1S/C7H9N5O/c8-5(4-13)6-3-12-7(11-6)9-1-2-10-12/h1-3,5,13H,4,8H2. The molecule has 0 aromatic carbocycles. The van der Waals surface area contributed by atoms with Crippen LogP contribution in [0.3, 0.4) is 0 Å². The summed E-state index contributed by atoms with van der Waals surface area (Å²) in [6, 6.07) is -0.469. The molecular weight excluding hydrogens is 170 g/mol. The van der Waals surface area contributed by atoms with Gasteiger partial charge in [-0.15, -0.1) is 0 Å². The zero-order valence-electron chi connectivity index (χ0n) is 6.83. The number of nitrogens with two attached hydrogens (primary N) is 1. The molecule has 0 spiro atoms. The topological polar surface area (TPSA) is 89.3 Å². The Morgan fingerprint density at radius 3 is 3.08 bits per heavy atom. The van der Waals surface area contributed by atoms with Crippen molar-refractivity contribution in [2.24, 2.45) is 5.73 Å². The van der Waals surface area contributed by atoms with Crippen molar-refractivity contribution in [1.29, 1.82) is 0 Å². The molecule has 0 amide bonds.